The highest BCUT2D eigenvalue weighted by Crippen LogP contribution is 2.19. The summed E-state index contributed by atoms with van der Waals surface area (Å²) in [6.07, 6.45) is 18.4. The Morgan fingerprint density at radius 1 is 0.778 bits per heavy atom. The number of anilines is 1. The number of unbranched alkanes of at least 4 members (excludes halogenated alkanes) is 13. The number of carbonyl (C=O) groups excluding carboxylic acids is 1. The molecular formula is C23H40N2O2. The van der Waals surface area contributed by atoms with Crippen molar-refractivity contribution in [1.82, 2.24) is 0 Å². The fraction of sp³-hybridized carbons (Fsp3) is 0.696. The van der Waals surface area contributed by atoms with Gasteiger partial charge in [0.05, 0.1) is 0 Å². The normalized spacial score (nSPS) is 10.9. The molecule has 0 saturated carbocycles. The summed E-state index contributed by atoms with van der Waals surface area (Å²) in [7, 11) is 0. The molecule has 0 spiro atoms. The minimum atomic E-state index is -0.435. The van der Waals surface area contributed by atoms with E-state index in [0.717, 1.165) is 18.5 Å². The summed E-state index contributed by atoms with van der Waals surface area (Å²) in [6.45, 7) is 2.90. The Kier molecular flexibility index (Phi) is 13.3. The van der Waals surface area contributed by atoms with Gasteiger partial charge in [-0.15, -0.1) is 0 Å². The van der Waals surface area contributed by atoms with Gasteiger partial charge in [-0.05, 0) is 30.7 Å². The molecule has 4 nitrogen and oxygen atoms in total. The standard InChI is InChI=1S/C23H40N2O2/c1-2-3-4-5-6-7-8-9-10-11-12-13-14-15-20-25(23(24)27)21-16-18-22(26)19-17-21/h16-19,26H,2-15,20H2,1H3,(H2,24,27). The van der Waals surface area contributed by atoms with Crippen molar-refractivity contribution in [2.45, 2.75) is 96.8 Å². The van der Waals surface area contributed by atoms with Gasteiger partial charge in [0.1, 0.15) is 5.75 Å². The van der Waals surface area contributed by atoms with E-state index in [1.54, 1.807) is 29.2 Å². The number of nitrogens with zero attached hydrogens (tertiary/aromatic N) is 1. The number of carbonyl (C=O) groups is 1. The second kappa shape index (κ2) is 15.4. The maximum absolute atomic E-state index is 11.6. The molecule has 0 heterocycles. The van der Waals surface area contributed by atoms with Crippen LogP contribution >= 0.6 is 0 Å². The molecule has 1 rings (SSSR count). The molecule has 0 unspecified atom stereocenters. The predicted molar refractivity (Wildman–Crippen MR) is 115 cm³/mol. The largest absolute Gasteiger partial charge is 0.508 e. The molecule has 0 saturated heterocycles. The van der Waals surface area contributed by atoms with E-state index in [0.29, 0.717) is 6.54 Å². The van der Waals surface area contributed by atoms with Gasteiger partial charge in [0.25, 0.3) is 0 Å². The first-order valence-electron chi connectivity index (χ1n) is 11.0. The first kappa shape index (κ1) is 23.3. The molecule has 0 atom stereocenters. The molecule has 0 aliphatic rings. The van der Waals surface area contributed by atoms with Crippen molar-refractivity contribution >= 4 is 11.7 Å². The molecule has 0 aliphatic carbocycles. The lowest BCUT2D eigenvalue weighted by Crippen LogP contribution is -2.36. The molecule has 1 aromatic carbocycles. The van der Waals surface area contributed by atoms with Crippen LogP contribution in [0.2, 0.25) is 0 Å². The third-order valence-electron chi connectivity index (χ3n) is 5.16. The average Bonchev–Trinajstić information content (AvgIpc) is 2.66. The van der Waals surface area contributed by atoms with Crippen LogP contribution in [0.1, 0.15) is 96.8 Å². The van der Waals surface area contributed by atoms with E-state index in [1.165, 1.54) is 77.0 Å². The molecule has 154 valence electrons. The van der Waals surface area contributed by atoms with Crippen LogP contribution in [0.15, 0.2) is 24.3 Å². The number of phenolic OH excluding ortho intramolecular Hbond substituents is 1. The van der Waals surface area contributed by atoms with Crippen molar-refractivity contribution in [1.29, 1.82) is 0 Å². The molecular weight excluding hydrogens is 336 g/mol. The summed E-state index contributed by atoms with van der Waals surface area (Å²) < 4.78 is 0. The van der Waals surface area contributed by atoms with E-state index in [-0.39, 0.29) is 5.75 Å². The summed E-state index contributed by atoms with van der Waals surface area (Å²) in [5.41, 5.74) is 6.23. The van der Waals surface area contributed by atoms with E-state index in [4.69, 9.17) is 5.73 Å². The smallest absolute Gasteiger partial charge is 0.319 e. The van der Waals surface area contributed by atoms with E-state index in [9.17, 15) is 9.90 Å². The minimum Gasteiger partial charge on any atom is -0.508 e. The number of amides is 2. The molecule has 0 radical (unpaired) electrons. The third-order valence-corrected chi connectivity index (χ3v) is 5.16. The van der Waals surface area contributed by atoms with Gasteiger partial charge in [0.15, 0.2) is 0 Å². The van der Waals surface area contributed by atoms with Crippen molar-refractivity contribution in [3.8, 4) is 5.75 Å². The number of primary amides is 1. The summed E-state index contributed by atoms with van der Waals surface area (Å²) in [5.74, 6) is 0.194. The monoisotopic (exact) mass is 376 g/mol. The average molecular weight is 377 g/mol. The lowest BCUT2D eigenvalue weighted by molar-refractivity contribution is 0.253. The second-order valence-electron chi connectivity index (χ2n) is 7.60. The Morgan fingerprint density at radius 3 is 1.59 bits per heavy atom. The van der Waals surface area contributed by atoms with Gasteiger partial charge in [0.2, 0.25) is 0 Å². The maximum Gasteiger partial charge on any atom is 0.319 e. The zero-order valence-corrected chi connectivity index (χ0v) is 17.3. The summed E-state index contributed by atoms with van der Waals surface area (Å²) in [5, 5.41) is 9.35. The van der Waals surface area contributed by atoms with E-state index in [1.807, 2.05) is 0 Å². The van der Waals surface area contributed by atoms with Crippen LogP contribution in [0.3, 0.4) is 0 Å². The topological polar surface area (TPSA) is 66.6 Å². The Bertz CT molecular complexity index is 488. The Labute approximate surface area is 166 Å². The molecule has 2 amide bonds. The van der Waals surface area contributed by atoms with Crippen LogP contribution in [0.25, 0.3) is 0 Å². The van der Waals surface area contributed by atoms with Crippen LogP contribution in [-0.4, -0.2) is 17.7 Å². The van der Waals surface area contributed by atoms with Crippen LogP contribution in [-0.2, 0) is 0 Å². The number of urea groups is 1. The molecule has 0 bridgehead atoms. The fourth-order valence-electron chi connectivity index (χ4n) is 3.46. The first-order valence-corrected chi connectivity index (χ1v) is 11.0. The number of rotatable bonds is 16. The number of hydrogen-bond acceptors (Lipinski definition) is 2. The third kappa shape index (κ3) is 11.6. The molecule has 0 fully saturated rings. The molecule has 3 N–H and O–H groups in total. The molecule has 27 heavy (non-hydrogen) atoms. The number of aromatic hydroxyl groups is 1. The highest BCUT2D eigenvalue weighted by atomic mass is 16.3. The molecule has 0 aromatic heterocycles. The predicted octanol–water partition coefficient (Wildman–Crippen LogP) is 6.76. The number of hydrogen-bond donors (Lipinski definition) is 2. The fourth-order valence-corrected chi connectivity index (χ4v) is 3.46. The van der Waals surface area contributed by atoms with Gasteiger partial charge < -0.3 is 10.8 Å². The Balaban J connectivity index is 1.98. The minimum absolute atomic E-state index is 0.194. The van der Waals surface area contributed by atoms with Crippen LogP contribution < -0.4 is 10.6 Å². The second-order valence-corrected chi connectivity index (χ2v) is 7.60. The maximum atomic E-state index is 11.6. The lowest BCUT2D eigenvalue weighted by Gasteiger charge is -2.20. The van der Waals surface area contributed by atoms with Gasteiger partial charge in [-0.3, -0.25) is 4.90 Å². The van der Waals surface area contributed by atoms with Gasteiger partial charge >= 0.3 is 6.03 Å². The summed E-state index contributed by atoms with van der Waals surface area (Å²) in [4.78, 5) is 13.2. The van der Waals surface area contributed by atoms with Gasteiger partial charge in [-0.1, -0.05) is 90.4 Å². The first-order chi connectivity index (χ1) is 13.1. The Morgan fingerprint density at radius 2 is 1.19 bits per heavy atom. The molecule has 1 aromatic rings. The van der Waals surface area contributed by atoms with E-state index in [2.05, 4.69) is 6.92 Å². The van der Waals surface area contributed by atoms with Crippen molar-refractivity contribution in [2.75, 3.05) is 11.4 Å². The van der Waals surface area contributed by atoms with Crippen LogP contribution in [0, 0.1) is 0 Å². The SMILES string of the molecule is CCCCCCCCCCCCCCCCN(C(N)=O)c1ccc(O)cc1. The highest BCUT2D eigenvalue weighted by Gasteiger charge is 2.11. The van der Waals surface area contributed by atoms with Crippen molar-refractivity contribution in [3.05, 3.63) is 24.3 Å². The number of benzene rings is 1. The zero-order valence-electron chi connectivity index (χ0n) is 17.3. The van der Waals surface area contributed by atoms with Crippen LogP contribution in [0.4, 0.5) is 10.5 Å². The summed E-state index contributed by atoms with van der Waals surface area (Å²) in [6, 6.07) is 6.18. The van der Waals surface area contributed by atoms with Crippen molar-refractivity contribution in [3.63, 3.8) is 0 Å². The summed E-state index contributed by atoms with van der Waals surface area (Å²) >= 11 is 0. The van der Waals surface area contributed by atoms with Gasteiger partial charge in [-0.25, -0.2) is 4.79 Å². The van der Waals surface area contributed by atoms with Crippen molar-refractivity contribution < 1.29 is 9.90 Å². The Hall–Kier alpha value is -1.71. The quantitative estimate of drug-likeness (QED) is 0.313. The number of nitrogens with two attached hydrogens (primary N) is 1. The van der Waals surface area contributed by atoms with E-state index < -0.39 is 6.03 Å². The van der Waals surface area contributed by atoms with Gasteiger partial charge in [0, 0.05) is 12.2 Å². The lowest BCUT2D eigenvalue weighted by atomic mass is 10.0. The van der Waals surface area contributed by atoms with Gasteiger partial charge in [-0.2, -0.15) is 0 Å². The highest BCUT2D eigenvalue weighted by molar-refractivity contribution is 5.90. The molecule has 4 heteroatoms. The van der Waals surface area contributed by atoms with Crippen molar-refractivity contribution in [2.24, 2.45) is 5.73 Å². The number of phenols is 1. The zero-order chi connectivity index (χ0) is 19.7. The van der Waals surface area contributed by atoms with Crippen LogP contribution in [0.5, 0.6) is 5.75 Å². The molecule has 0 aliphatic heterocycles. The van der Waals surface area contributed by atoms with E-state index >= 15 is 0 Å².